The van der Waals surface area contributed by atoms with Gasteiger partial charge in [-0.2, -0.15) is 0 Å². The van der Waals surface area contributed by atoms with Crippen LogP contribution in [0.1, 0.15) is 54.1 Å². The van der Waals surface area contributed by atoms with Crippen molar-refractivity contribution in [1.29, 1.82) is 0 Å². The molecule has 1 aromatic heterocycles. The van der Waals surface area contributed by atoms with Gasteiger partial charge in [0.2, 0.25) is 0 Å². The Bertz CT molecular complexity index is 1080. The molecule has 31 heavy (non-hydrogen) atoms. The molecule has 1 N–H and O–H groups in total. The summed E-state index contributed by atoms with van der Waals surface area (Å²) < 4.78 is 0. The van der Waals surface area contributed by atoms with Gasteiger partial charge in [-0.3, -0.25) is 4.79 Å². The van der Waals surface area contributed by atoms with Crippen molar-refractivity contribution in [3.05, 3.63) is 65.2 Å². The summed E-state index contributed by atoms with van der Waals surface area (Å²) in [5.41, 5.74) is 5.92. The lowest BCUT2D eigenvalue weighted by Gasteiger charge is -2.33. The molecule has 0 bridgehead atoms. The first-order valence-corrected chi connectivity index (χ1v) is 11.5. The molecular weight excluding hydrogens is 382 g/mol. The molecule has 2 aromatic carbocycles. The van der Waals surface area contributed by atoms with Crippen LogP contribution in [0.4, 0.5) is 0 Å². The zero-order valence-electron chi connectivity index (χ0n) is 18.9. The molecule has 0 aliphatic carbocycles. The van der Waals surface area contributed by atoms with Crippen molar-refractivity contribution in [3.63, 3.8) is 0 Å². The molecule has 3 aromatic rings. The predicted molar refractivity (Wildman–Crippen MR) is 128 cm³/mol. The van der Waals surface area contributed by atoms with Crippen LogP contribution in [-0.2, 0) is 0 Å². The van der Waals surface area contributed by atoms with Crippen LogP contribution in [0.5, 0.6) is 0 Å². The molecule has 162 valence electrons. The Kier molecular flexibility index (Phi) is 6.67. The molecule has 4 heteroatoms. The van der Waals surface area contributed by atoms with Gasteiger partial charge in [-0.25, -0.2) is 4.98 Å². The second-order valence-electron chi connectivity index (χ2n) is 8.86. The number of carbonyl (C=O) groups excluding carboxylic acids is 1. The number of piperidine rings is 1. The highest BCUT2D eigenvalue weighted by Crippen LogP contribution is 2.26. The first kappa shape index (κ1) is 21.5. The molecule has 0 saturated carbocycles. The Labute approximate surface area is 185 Å². The summed E-state index contributed by atoms with van der Waals surface area (Å²) >= 11 is 0. The predicted octanol–water partition coefficient (Wildman–Crippen LogP) is 5.51. The van der Waals surface area contributed by atoms with E-state index in [1.54, 1.807) is 0 Å². The van der Waals surface area contributed by atoms with Gasteiger partial charge in [0.15, 0.2) is 0 Å². The fraction of sp³-hybridized carbons (Fsp3) is 0.407. The number of hydrogen-bond acceptors (Lipinski definition) is 3. The molecule has 0 radical (unpaired) electrons. The average Bonchev–Trinajstić information content (AvgIpc) is 2.78. The minimum Gasteiger partial charge on any atom is -0.352 e. The number of hydrogen-bond donors (Lipinski definition) is 1. The third kappa shape index (κ3) is 4.96. The van der Waals surface area contributed by atoms with Crippen molar-refractivity contribution in [2.75, 3.05) is 19.6 Å². The third-order valence-electron chi connectivity index (χ3n) is 6.61. The van der Waals surface area contributed by atoms with Gasteiger partial charge in [0.05, 0.1) is 16.8 Å². The number of benzene rings is 2. The van der Waals surface area contributed by atoms with Crippen molar-refractivity contribution in [2.24, 2.45) is 0 Å². The summed E-state index contributed by atoms with van der Waals surface area (Å²) in [6.07, 6.45) is 4.90. The van der Waals surface area contributed by atoms with Crippen LogP contribution in [0.15, 0.2) is 48.5 Å². The average molecular weight is 416 g/mol. The fourth-order valence-electron chi connectivity index (χ4n) is 4.48. The largest absolute Gasteiger partial charge is 0.352 e. The molecule has 0 spiro atoms. The lowest BCUT2D eigenvalue weighted by Crippen LogP contribution is -2.39. The molecule has 1 aliphatic heterocycles. The van der Waals surface area contributed by atoms with Crippen molar-refractivity contribution < 1.29 is 4.79 Å². The first-order valence-electron chi connectivity index (χ1n) is 11.5. The van der Waals surface area contributed by atoms with E-state index in [1.165, 1.54) is 36.9 Å². The molecular formula is C27H33N3O. The van der Waals surface area contributed by atoms with Gasteiger partial charge in [-0.05, 0) is 75.9 Å². The van der Waals surface area contributed by atoms with Gasteiger partial charge in [0.25, 0.3) is 5.91 Å². The first-order chi connectivity index (χ1) is 15.0. The second-order valence-corrected chi connectivity index (χ2v) is 8.86. The van der Waals surface area contributed by atoms with E-state index in [4.69, 9.17) is 4.98 Å². The molecule has 2 heterocycles. The normalized spacial score (nSPS) is 17.1. The van der Waals surface area contributed by atoms with Gasteiger partial charge in [0.1, 0.15) is 0 Å². The summed E-state index contributed by atoms with van der Waals surface area (Å²) in [6, 6.07) is 16.8. The van der Waals surface area contributed by atoms with E-state index in [0.717, 1.165) is 35.1 Å². The summed E-state index contributed by atoms with van der Waals surface area (Å²) in [5.74, 6) is -0.0182. The van der Waals surface area contributed by atoms with Crippen LogP contribution in [0, 0.1) is 13.8 Å². The van der Waals surface area contributed by atoms with E-state index in [9.17, 15) is 4.79 Å². The lowest BCUT2D eigenvalue weighted by molar-refractivity contribution is 0.0950. The van der Waals surface area contributed by atoms with Crippen molar-refractivity contribution in [3.8, 4) is 11.3 Å². The summed E-state index contributed by atoms with van der Waals surface area (Å²) in [6.45, 7) is 9.45. The Morgan fingerprint density at radius 2 is 1.94 bits per heavy atom. The monoisotopic (exact) mass is 415 g/mol. The number of aromatic nitrogens is 1. The second kappa shape index (κ2) is 9.61. The van der Waals surface area contributed by atoms with Crippen LogP contribution in [0.2, 0.25) is 0 Å². The van der Waals surface area contributed by atoms with E-state index in [-0.39, 0.29) is 5.91 Å². The maximum atomic E-state index is 13.1. The van der Waals surface area contributed by atoms with Crippen molar-refractivity contribution in [1.82, 2.24) is 15.2 Å². The number of pyridine rings is 1. The number of nitrogens with one attached hydrogen (secondary N) is 1. The zero-order valence-corrected chi connectivity index (χ0v) is 18.9. The van der Waals surface area contributed by atoms with Crippen molar-refractivity contribution >= 4 is 16.8 Å². The molecule has 1 amide bonds. The Morgan fingerprint density at radius 1 is 1.10 bits per heavy atom. The Morgan fingerprint density at radius 3 is 2.74 bits per heavy atom. The number of aryl methyl sites for hydroxylation is 2. The number of likely N-dealkylation sites (tertiary alicyclic amines) is 1. The van der Waals surface area contributed by atoms with Crippen LogP contribution >= 0.6 is 0 Å². The van der Waals surface area contributed by atoms with E-state index >= 15 is 0 Å². The number of fused-ring (bicyclic) bond motifs is 1. The number of carbonyl (C=O) groups is 1. The lowest BCUT2D eigenvalue weighted by atomic mass is 10.0. The fourth-order valence-corrected chi connectivity index (χ4v) is 4.48. The molecule has 4 rings (SSSR count). The quantitative estimate of drug-likeness (QED) is 0.540. The molecule has 1 atom stereocenters. The van der Waals surface area contributed by atoms with Crippen LogP contribution in [0.3, 0.4) is 0 Å². The third-order valence-corrected chi connectivity index (χ3v) is 6.61. The summed E-state index contributed by atoms with van der Waals surface area (Å²) in [7, 11) is 0. The maximum absolute atomic E-state index is 13.1. The summed E-state index contributed by atoms with van der Waals surface area (Å²) in [4.78, 5) is 20.5. The van der Waals surface area contributed by atoms with Gasteiger partial charge in [-0.15, -0.1) is 0 Å². The summed E-state index contributed by atoms with van der Waals surface area (Å²) in [5, 5.41) is 4.05. The number of para-hydroxylation sites is 1. The van der Waals surface area contributed by atoms with Crippen molar-refractivity contribution in [2.45, 2.75) is 52.5 Å². The highest BCUT2D eigenvalue weighted by Gasteiger charge is 2.18. The van der Waals surface area contributed by atoms with Gasteiger partial charge in [-0.1, -0.05) is 36.8 Å². The Balaban J connectivity index is 1.51. The highest BCUT2D eigenvalue weighted by molar-refractivity contribution is 6.07. The molecule has 4 nitrogen and oxygen atoms in total. The highest BCUT2D eigenvalue weighted by atomic mass is 16.1. The van der Waals surface area contributed by atoms with Gasteiger partial charge < -0.3 is 10.2 Å². The van der Waals surface area contributed by atoms with E-state index < -0.39 is 0 Å². The molecule has 0 unspecified atom stereocenters. The Hall–Kier alpha value is -2.72. The molecule has 1 aliphatic rings. The van der Waals surface area contributed by atoms with E-state index in [2.05, 4.69) is 49.2 Å². The van der Waals surface area contributed by atoms with Gasteiger partial charge >= 0.3 is 0 Å². The number of amides is 1. The number of nitrogens with zero attached hydrogens (tertiary/aromatic N) is 2. The van der Waals surface area contributed by atoms with E-state index in [1.807, 2.05) is 30.3 Å². The maximum Gasteiger partial charge on any atom is 0.252 e. The smallest absolute Gasteiger partial charge is 0.252 e. The SMILES string of the molecule is Cc1ccc(-c2cc(C(=O)NCCCN3CCCC[C@H]3C)c3ccccc3n2)cc1C. The molecule has 1 saturated heterocycles. The standard InChI is InChI=1S/C27H33N3O/c1-19-12-13-22(17-20(19)2)26-18-24(23-10-4-5-11-25(23)29-26)27(31)28-14-8-16-30-15-7-6-9-21(30)3/h4-5,10-13,17-18,21H,6-9,14-16H2,1-3H3,(H,28,31)/t21-/m1/s1. The topological polar surface area (TPSA) is 45.2 Å². The number of rotatable bonds is 6. The van der Waals surface area contributed by atoms with E-state index in [0.29, 0.717) is 18.2 Å². The minimum absolute atomic E-state index is 0.0182. The van der Waals surface area contributed by atoms with Crippen LogP contribution < -0.4 is 5.32 Å². The van der Waals surface area contributed by atoms with Crippen LogP contribution in [0.25, 0.3) is 22.2 Å². The van der Waals surface area contributed by atoms with Crippen LogP contribution in [-0.4, -0.2) is 41.5 Å². The van der Waals surface area contributed by atoms with Gasteiger partial charge in [0, 0.05) is 30.1 Å². The zero-order chi connectivity index (χ0) is 21.8. The minimum atomic E-state index is -0.0182. The molecule has 1 fully saturated rings.